The number of ketones is 1. The molecule has 1 heterocycles. The number of hydrogen-bond donors (Lipinski definition) is 1. The molecule has 1 N–H and O–H groups in total. The maximum absolute atomic E-state index is 13.9. The molecule has 0 saturated heterocycles. The number of nitrogens with zero attached hydrogens (tertiary/aromatic N) is 1. The molecule has 1 aliphatic carbocycles. The average molecular weight is 498 g/mol. The van der Waals surface area contributed by atoms with Crippen LogP contribution in [0, 0.1) is 0 Å². The van der Waals surface area contributed by atoms with E-state index in [-0.39, 0.29) is 23.5 Å². The van der Waals surface area contributed by atoms with E-state index in [0.29, 0.717) is 44.8 Å². The van der Waals surface area contributed by atoms with Gasteiger partial charge in [-0.2, -0.15) is 0 Å². The molecule has 1 aliphatic rings. The van der Waals surface area contributed by atoms with Crippen LogP contribution in [0.15, 0.2) is 65.5 Å². The molecule has 4 aromatic rings. The normalized spacial score (nSPS) is 11.6. The highest BCUT2D eigenvalue weighted by Gasteiger charge is 2.34. The smallest absolute Gasteiger partial charge is 0.337 e. The van der Waals surface area contributed by atoms with Crippen molar-refractivity contribution in [1.82, 2.24) is 4.57 Å². The fraction of sp³-hybridized carbons (Fsp3) is 0.143. The number of hydrogen-bond acceptors (Lipinski definition) is 7. The van der Waals surface area contributed by atoms with Crippen LogP contribution in [-0.2, 0) is 16.1 Å². The first kappa shape index (κ1) is 23.8. The average Bonchev–Trinajstić information content (AvgIpc) is 3.22. The summed E-state index contributed by atoms with van der Waals surface area (Å²) < 4.78 is 16.9. The molecule has 0 spiro atoms. The molecule has 186 valence electrons. The van der Waals surface area contributed by atoms with Gasteiger partial charge in [0.25, 0.3) is 5.56 Å². The molecule has 5 rings (SSSR count). The van der Waals surface area contributed by atoms with E-state index in [2.05, 4.69) is 10.1 Å². The monoisotopic (exact) mass is 498 g/mol. The largest absolute Gasteiger partial charge is 0.493 e. The molecule has 3 aromatic carbocycles. The molecule has 0 unspecified atom stereocenters. The lowest BCUT2D eigenvalue weighted by molar-refractivity contribution is -0.116. The summed E-state index contributed by atoms with van der Waals surface area (Å²) in [6, 6.07) is 16.4. The van der Waals surface area contributed by atoms with Crippen molar-refractivity contribution in [2.24, 2.45) is 0 Å². The predicted octanol–water partition coefficient (Wildman–Crippen LogP) is 3.66. The molecule has 0 fully saturated rings. The molecular weight excluding hydrogens is 476 g/mol. The van der Waals surface area contributed by atoms with E-state index >= 15 is 0 Å². The Balaban J connectivity index is 1.65. The minimum absolute atomic E-state index is 0.150. The Kier molecular flexibility index (Phi) is 5.96. The number of carbonyl (C=O) groups is 3. The van der Waals surface area contributed by atoms with Gasteiger partial charge in [-0.3, -0.25) is 19.0 Å². The van der Waals surface area contributed by atoms with Crippen LogP contribution in [0.25, 0.3) is 22.0 Å². The summed E-state index contributed by atoms with van der Waals surface area (Å²) in [5.41, 5.74) is 2.00. The zero-order chi connectivity index (χ0) is 26.3. The number of carbonyl (C=O) groups excluding carboxylic acids is 3. The number of anilines is 1. The zero-order valence-corrected chi connectivity index (χ0v) is 20.3. The number of methoxy groups -OCH3 is 3. The Bertz CT molecular complexity index is 1650. The van der Waals surface area contributed by atoms with Gasteiger partial charge in [-0.1, -0.05) is 24.3 Å². The molecule has 9 heteroatoms. The molecule has 37 heavy (non-hydrogen) atoms. The minimum atomic E-state index is -0.496. The maximum atomic E-state index is 13.9. The van der Waals surface area contributed by atoms with Crippen molar-refractivity contribution in [3.8, 4) is 22.8 Å². The SMILES string of the molecule is COC(=O)c1ccc(NC(=O)Cn2c3c(c4ccc(OC)c(OC)c4c2=O)C(=O)c2ccccc2-3)cc1. The highest BCUT2D eigenvalue weighted by Crippen LogP contribution is 2.43. The second-order valence-corrected chi connectivity index (χ2v) is 8.33. The van der Waals surface area contributed by atoms with Gasteiger partial charge in [0.15, 0.2) is 17.3 Å². The summed E-state index contributed by atoms with van der Waals surface area (Å²) in [6.07, 6.45) is 0. The van der Waals surface area contributed by atoms with E-state index in [1.165, 1.54) is 38.0 Å². The summed E-state index contributed by atoms with van der Waals surface area (Å²) >= 11 is 0. The van der Waals surface area contributed by atoms with Crippen molar-refractivity contribution in [3.05, 3.63) is 87.7 Å². The molecular formula is C28H22N2O7. The molecule has 0 radical (unpaired) electrons. The molecule has 1 aromatic heterocycles. The van der Waals surface area contributed by atoms with Gasteiger partial charge in [-0.05, 0) is 36.4 Å². The second-order valence-electron chi connectivity index (χ2n) is 8.33. The van der Waals surface area contributed by atoms with Crippen LogP contribution in [0.5, 0.6) is 11.5 Å². The van der Waals surface area contributed by atoms with Crippen LogP contribution in [0.1, 0.15) is 26.3 Å². The number of aromatic nitrogens is 1. The van der Waals surface area contributed by atoms with Gasteiger partial charge in [-0.25, -0.2) is 4.79 Å². The Hall–Kier alpha value is -4.92. The molecule has 9 nitrogen and oxygen atoms in total. The van der Waals surface area contributed by atoms with Crippen molar-refractivity contribution in [2.45, 2.75) is 6.54 Å². The topological polar surface area (TPSA) is 113 Å². The van der Waals surface area contributed by atoms with Crippen LogP contribution < -0.4 is 20.3 Å². The Morgan fingerprint density at radius 1 is 0.865 bits per heavy atom. The van der Waals surface area contributed by atoms with Crippen LogP contribution >= 0.6 is 0 Å². The first-order valence-electron chi connectivity index (χ1n) is 11.3. The quantitative estimate of drug-likeness (QED) is 0.356. The summed E-state index contributed by atoms with van der Waals surface area (Å²) in [5.74, 6) is -0.715. The van der Waals surface area contributed by atoms with Crippen molar-refractivity contribution < 1.29 is 28.6 Å². The van der Waals surface area contributed by atoms with Crippen molar-refractivity contribution >= 4 is 34.1 Å². The third kappa shape index (κ3) is 3.81. The number of nitrogens with one attached hydrogen (secondary N) is 1. The lowest BCUT2D eigenvalue weighted by Gasteiger charge is -2.17. The highest BCUT2D eigenvalue weighted by molar-refractivity contribution is 6.27. The van der Waals surface area contributed by atoms with Gasteiger partial charge in [0.05, 0.1) is 43.5 Å². The van der Waals surface area contributed by atoms with E-state index in [9.17, 15) is 19.2 Å². The summed E-state index contributed by atoms with van der Waals surface area (Å²) in [4.78, 5) is 52.1. The molecule has 0 atom stereocenters. The minimum Gasteiger partial charge on any atom is -0.493 e. The van der Waals surface area contributed by atoms with Crippen molar-refractivity contribution in [1.29, 1.82) is 0 Å². The standard InChI is InChI=1S/C28H22N2O7/c1-35-20-13-12-19-22-24(17-6-4-5-7-18(17)25(22)32)30(27(33)23(19)26(20)36-2)14-21(31)29-16-10-8-15(9-11-16)28(34)37-3/h4-13H,14H2,1-3H3,(H,29,31). The van der Waals surface area contributed by atoms with Crippen LogP contribution in [0.3, 0.4) is 0 Å². The van der Waals surface area contributed by atoms with E-state index < -0.39 is 17.4 Å². The molecule has 0 bridgehead atoms. The lowest BCUT2D eigenvalue weighted by atomic mass is 10.0. The first-order chi connectivity index (χ1) is 17.9. The zero-order valence-electron chi connectivity index (χ0n) is 20.3. The van der Waals surface area contributed by atoms with E-state index in [4.69, 9.17) is 9.47 Å². The van der Waals surface area contributed by atoms with Gasteiger partial charge >= 0.3 is 5.97 Å². The van der Waals surface area contributed by atoms with Gasteiger partial charge in [0.2, 0.25) is 5.91 Å². The molecule has 0 saturated carbocycles. The summed E-state index contributed by atoms with van der Waals surface area (Å²) in [6.45, 7) is -0.363. The predicted molar refractivity (Wildman–Crippen MR) is 137 cm³/mol. The summed E-state index contributed by atoms with van der Waals surface area (Å²) in [7, 11) is 4.15. The fourth-order valence-corrected chi connectivity index (χ4v) is 4.68. The number of benzene rings is 3. The number of fused-ring (bicyclic) bond motifs is 5. The van der Waals surface area contributed by atoms with Gasteiger partial charge in [0.1, 0.15) is 6.54 Å². The van der Waals surface area contributed by atoms with E-state index in [0.717, 1.165) is 0 Å². The van der Waals surface area contributed by atoms with Crippen LogP contribution in [0.2, 0.25) is 0 Å². The van der Waals surface area contributed by atoms with Gasteiger partial charge in [0, 0.05) is 22.2 Å². The molecule has 1 amide bonds. The third-order valence-corrected chi connectivity index (χ3v) is 6.33. The van der Waals surface area contributed by atoms with Crippen molar-refractivity contribution in [3.63, 3.8) is 0 Å². The second kappa shape index (κ2) is 9.27. The number of esters is 1. The number of pyridine rings is 1. The maximum Gasteiger partial charge on any atom is 0.337 e. The fourth-order valence-electron chi connectivity index (χ4n) is 4.68. The van der Waals surface area contributed by atoms with Gasteiger partial charge < -0.3 is 19.5 Å². The van der Waals surface area contributed by atoms with E-state index in [1.807, 2.05) is 0 Å². The van der Waals surface area contributed by atoms with E-state index in [1.54, 1.807) is 48.5 Å². The highest BCUT2D eigenvalue weighted by atomic mass is 16.5. The number of rotatable bonds is 6. The van der Waals surface area contributed by atoms with Gasteiger partial charge in [-0.15, -0.1) is 0 Å². The number of amides is 1. The third-order valence-electron chi connectivity index (χ3n) is 6.33. The first-order valence-corrected chi connectivity index (χ1v) is 11.3. The Labute approximate surface area is 211 Å². The number of ether oxygens (including phenoxy) is 3. The Morgan fingerprint density at radius 2 is 1.57 bits per heavy atom. The molecule has 0 aliphatic heterocycles. The Morgan fingerprint density at radius 3 is 2.22 bits per heavy atom. The lowest BCUT2D eigenvalue weighted by Crippen LogP contribution is -2.30. The van der Waals surface area contributed by atoms with Crippen molar-refractivity contribution in [2.75, 3.05) is 26.6 Å². The van der Waals surface area contributed by atoms with Crippen LogP contribution in [-0.4, -0.2) is 43.6 Å². The van der Waals surface area contributed by atoms with Crippen LogP contribution in [0.4, 0.5) is 5.69 Å². The summed E-state index contributed by atoms with van der Waals surface area (Å²) in [5, 5.41) is 3.31.